The van der Waals surface area contributed by atoms with Crippen molar-refractivity contribution in [2.24, 2.45) is 0 Å². The maximum atomic E-state index is 12.4. The average Bonchev–Trinajstić information content (AvgIpc) is 3.20. The Morgan fingerprint density at radius 2 is 1.44 bits per heavy atom. The molecule has 1 aliphatic carbocycles. The van der Waals surface area contributed by atoms with Gasteiger partial charge in [-0.05, 0) is 53.6 Å². The van der Waals surface area contributed by atoms with E-state index in [-0.39, 0.29) is 30.4 Å². The quantitative estimate of drug-likeness (QED) is 0.335. The molecule has 0 spiro atoms. The van der Waals surface area contributed by atoms with Gasteiger partial charge in [0, 0.05) is 12.5 Å². The Bertz CT molecular complexity index is 1280. The fraction of sp³-hybridized carbons (Fsp3) is 0.259. The third-order valence-corrected chi connectivity index (χ3v) is 7.68. The number of ether oxygens (including phenoxy) is 1. The van der Waals surface area contributed by atoms with E-state index in [0.717, 1.165) is 22.3 Å². The number of rotatable bonds is 11. The number of carbonyl (C=O) groups is 2. The highest BCUT2D eigenvalue weighted by Gasteiger charge is 2.29. The van der Waals surface area contributed by atoms with E-state index in [4.69, 9.17) is 4.74 Å². The number of alkyl carbamates (subject to hydrolysis) is 1. The predicted molar refractivity (Wildman–Crippen MR) is 135 cm³/mol. The molecule has 8 nitrogen and oxygen atoms in total. The van der Waals surface area contributed by atoms with Crippen LogP contribution in [0, 0.1) is 0 Å². The maximum Gasteiger partial charge on any atom is 0.407 e. The summed E-state index contributed by atoms with van der Waals surface area (Å²) in [6.07, 6.45) is 0.168. The van der Waals surface area contributed by atoms with Gasteiger partial charge in [-0.15, -0.1) is 0 Å². The Hall–Kier alpha value is -3.69. The molecular formula is C27H28N2O6S. The molecule has 0 heterocycles. The Labute approximate surface area is 210 Å². The zero-order chi connectivity index (χ0) is 25.5. The van der Waals surface area contributed by atoms with E-state index in [0.29, 0.717) is 12.8 Å². The van der Waals surface area contributed by atoms with Crippen molar-refractivity contribution in [3.63, 3.8) is 0 Å². The Morgan fingerprint density at radius 1 is 0.861 bits per heavy atom. The number of amides is 1. The normalized spacial score (nSPS) is 13.4. The molecule has 1 aliphatic rings. The molecule has 3 aromatic carbocycles. The molecule has 0 bridgehead atoms. The minimum absolute atomic E-state index is 0.0907. The smallest absolute Gasteiger partial charge is 0.407 e. The highest BCUT2D eigenvalue weighted by atomic mass is 32.2. The predicted octanol–water partition coefficient (Wildman–Crippen LogP) is 4.13. The second kappa shape index (κ2) is 11.4. The lowest BCUT2D eigenvalue weighted by Gasteiger charge is -2.17. The number of aliphatic carboxylic acids is 1. The molecule has 9 heteroatoms. The van der Waals surface area contributed by atoms with Crippen LogP contribution in [0.5, 0.6) is 0 Å². The van der Waals surface area contributed by atoms with E-state index >= 15 is 0 Å². The molecule has 1 amide bonds. The lowest BCUT2D eigenvalue weighted by Crippen LogP contribution is -2.41. The van der Waals surface area contributed by atoms with Crippen LogP contribution in [0.15, 0.2) is 83.8 Å². The van der Waals surface area contributed by atoms with Crippen molar-refractivity contribution in [2.45, 2.75) is 36.1 Å². The lowest BCUT2D eigenvalue weighted by atomic mass is 9.98. The molecular weight excluding hydrogens is 480 g/mol. The largest absolute Gasteiger partial charge is 0.480 e. The average molecular weight is 509 g/mol. The Kier molecular flexibility index (Phi) is 8.02. The fourth-order valence-corrected chi connectivity index (χ4v) is 5.50. The number of benzene rings is 3. The molecule has 188 valence electrons. The van der Waals surface area contributed by atoms with Crippen molar-refractivity contribution in [1.29, 1.82) is 0 Å². The third-order valence-electron chi connectivity index (χ3n) is 6.20. The topological polar surface area (TPSA) is 122 Å². The molecule has 36 heavy (non-hydrogen) atoms. The first kappa shape index (κ1) is 25.4. The number of unbranched alkanes of at least 4 members (excludes halogenated alkanes) is 1. The first-order valence-electron chi connectivity index (χ1n) is 11.8. The fourth-order valence-electron chi connectivity index (χ4n) is 4.40. The van der Waals surface area contributed by atoms with E-state index in [1.807, 2.05) is 48.5 Å². The molecule has 3 N–H and O–H groups in total. The molecule has 4 rings (SSSR count). The van der Waals surface area contributed by atoms with E-state index in [2.05, 4.69) is 10.0 Å². The van der Waals surface area contributed by atoms with Crippen LogP contribution in [0.3, 0.4) is 0 Å². The number of carboxylic acid groups (broad SMARTS) is 1. The molecule has 0 unspecified atom stereocenters. The van der Waals surface area contributed by atoms with Crippen molar-refractivity contribution >= 4 is 22.1 Å². The van der Waals surface area contributed by atoms with Gasteiger partial charge in [-0.3, -0.25) is 0 Å². The van der Waals surface area contributed by atoms with Crippen LogP contribution in [0.4, 0.5) is 4.79 Å². The van der Waals surface area contributed by atoms with E-state index in [1.54, 1.807) is 18.2 Å². The van der Waals surface area contributed by atoms with Crippen LogP contribution in [-0.2, 0) is 19.6 Å². The number of nitrogens with one attached hydrogen (secondary N) is 2. The first-order chi connectivity index (χ1) is 17.4. The zero-order valence-electron chi connectivity index (χ0n) is 19.6. The number of sulfonamides is 1. The summed E-state index contributed by atoms with van der Waals surface area (Å²) in [6.45, 7) is 0.252. The number of fused-ring (bicyclic) bond motifs is 3. The van der Waals surface area contributed by atoms with Crippen LogP contribution in [0.25, 0.3) is 11.1 Å². The second-order valence-corrected chi connectivity index (χ2v) is 10.3. The van der Waals surface area contributed by atoms with Crippen LogP contribution < -0.4 is 10.0 Å². The van der Waals surface area contributed by atoms with Crippen LogP contribution >= 0.6 is 0 Å². The summed E-state index contributed by atoms with van der Waals surface area (Å²) < 4.78 is 32.4. The van der Waals surface area contributed by atoms with Gasteiger partial charge in [-0.2, -0.15) is 0 Å². The van der Waals surface area contributed by atoms with Gasteiger partial charge in [-0.25, -0.2) is 22.7 Å². The van der Waals surface area contributed by atoms with Crippen molar-refractivity contribution < 1.29 is 27.9 Å². The van der Waals surface area contributed by atoms with Gasteiger partial charge in [0.25, 0.3) is 0 Å². The summed E-state index contributed by atoms with van der Waals surface area (Å²) in [7, 11) is -3.61. The van der Waals surface area contributed by atoms with Crippen molar-refractivity contribution in [2.75, 3.05) is 13.2 Å². The molecule has 0 aliphatic heterocycles. The highest BCUT2D eigenvalue weighted by Crippen LogP contribution is 2.44. The SMILES string of the molecule is O=C(N[C@@H](CCCCNS(=O)(=O)c1ccccc1)C(=O)O)OCC1c2ccccc2-c2ccccc21. The molecule has 0 saturated carbocycles. The molecule has 0 fully saturated rings. The first-order valence-corrected chi connectivity index (χ1v) is 13.2. The highest BCUT2D eigenvalue weighted by molar-refractivity contribution is 7.89. The lowest BCUT2D eigenvalue weighted by molar-refractivity contribution is -0.139. The Morgan fingerprint density at radius 3 is 2.06 bits per heavy atom. The molecule has 1 atom stereocenters. The molecule has 0 aromatic heterocycles. The minimum atomic E-state index is -3.61. The Balaban J connectivity index is 1.25. The zero-order valence-corrected chi connectivity index (χ0v) is 20.4. The summed E-state index contributed by atoms with van der Waals surface area (Å²) in [5.41, 5.74) is 4.35. The monoisotopic (exact) mass is 508 g/mol. The summed E-state index contributed by atoms with van der Waals surface area (Å²) >= 11 is 0. The van der Waals surface area contributed by atoms with E-state index in [9.17, 15) is 23.1 Å². The number of hydrogen-bond donors (Lipinski definition) is 3. The van der Waals surface area contributed by atoms with Gasteiger partial charge in [0.15, 0.2) is 0 Å². The van der Waals surface area contributed by atoms with Gasteiger partial charge < -0.3 is 15.2 Å². The summed E-state index contributed by atoms with van der Waals surface area (Å²) in [6, 6.07) is 22.8. The summed E-state index contributed by atoms with van der Waals surface area (Å²) in [4.78, 5) is 24.2. The van der Waals surface area contributed by atoms with Crippen LogP contribution in [0.2, 0.25) is 0 Å². The van der Waals surface area contributed by atoms with Gasteiger partial charge >= 0.3 is 12.1 Å². The van der Waals surface area contributed by atoms with Gasteiger partial charge in [0.05, 0.1) is 4.90 Å². The minimum Gasteiger partial charge on any atom is -0.480 e. The van der Waals surface area contributed by atoms with Gasteiger partial charge in [0.2, 0.25) is 10.0 Å². The standard InChI is InChI=1S/C27H28N2O6S/c30-26(31)25(16-8-9-17-28-36(33,34)19-10-2-1-3-11-19)29-27(32)35-18-24-22-14-6-4-12-20(22)21-13-5-7-15-23(21)24/h1-7,10-15,24-25,28H,8-9,16-18H2,(H,29,32)(H,30,31)/t25-/m0/s1. The molecule has 0 radical (unpaired) electrons. The second-order valence-electron chi connectivity index (χ2n) is 8.57. The van der Waals surface area contributed by atoms with Crippen molar-refractivity contribution in [3.05, 3.63) is 90.0 Å². The van der Waals surface area contributed by atoms with Crippen LogP contribution in [0.1, 0.15) is 36.3 Å². The maximum absolute atomic E-state index is 12.4. The van der Waals surface area contributed by atoms with Crippen molar-refractivity contribution in [3.8, 4) is 11.1 Å². The number of carboxylic acids is 1. The van der Waals surface area contributed by atoms with Crippen molar-refractivity contribution in [1.82, 2.24) is 10.0 Å². The summed E-state index contributed by atoms with van der Waals surface area (Å²) in [5.74, 6) is -1.29. The summed E-state index contributed by atoms with van der Waals surface area (Å²) in [5, 5.41) is 11.9. The number of carbonyl (C=O) groups excluding carboxylic acids is 1. The van der Waals surface area contributed by atoms with E-state index < -0.39 is 28.1 Å². The number of hydrogen-bond acceptors (Lipinski definition) is 5. The molecule has 3 aromatic rings. The molecule has 0 saturated heterocycles. The third kappa shape index (κ3) is 5.92. The van der Waals surface area contributed by atoms with Gasteiger partial charge in [-0.1, -0.05) is 66.7 Å². The van der Waals surface area contributed by atoms with Crippen LogP contribution in [-0.4, -0.2) is 44.8 Å². The van der Waals surface area contributed by atoms with E-state index in [1.165, 1.54) is 12.1 Å². The van der Waals surface area contributed by atoms with Gasteiger partial charge in [0.1, 0.15) is 12.6 Å².